The lowest BCUT2D eigenvalue weighted by molar-refractivity contribution is 0.318. The van der Waals surface area contributed by atoms with Gasteiger partial charge in [-0.1, -0.05) is 46.0 Å². The monoisotopic (exact) mass is 249 g/mol. The topological polar surface area (TPSA) is 29.9 Å². The Morgan fingerprint density at radius 1 is 1.33 bits per heavy atom. The summed E-state index contributed by atoms with van der Waals surface area (Å²) < 4.78 is 2.12. The number of aromatic nitrogens is 2. The van der Waals surface area contributed by atoms with Crippen LogP contribution in [0.2, 0.25) is 0 Å². The zero-order chi connectivity index (χ0) is 12.8. The highest BCUT2D eigenvalue weighted by molar-refractivity contribution is 4.98. The second kappa shape index (κ2) is 6.93. The van der Waals surface area contributed by atoms with Crippen molar-refractivity contribution in [2.45, 2.75) is 71.5 Å². The van der Waals surface area contributed by atoms with E-state index in [2.05, 4.69) is 41.2 Å². The van der Waals surface area contributed by atoms with Gasteiger partial charge in [-0.2, -0.15) is 5.10 Å². The highest BCUT2D eigenvalue weighted by atomic mass is 15.3. The van der Waals surface area contributed by atoms with Crippen molar-refractivity contribution in [3.8, 4) is 0 Å². The lowest BCUT2D eigenvalue weighted by Crippen LogP contribution is -2.22. The molecule has 1 aliphatic rings. The first-order chi connectivity index (χ1) is 8.74. The minimum atomic E-state index is 0.525. The largest absolute Gasteiger partial charge is 0.309 e. The molecule has 0 aromatic carbocycles. The normalized spacial score (nSPS) is 17.5. The molecule has 0 saturated heterocycles. The highest BCUT2D eigenvalue weighted by Crippen LogP contribution is 2.26. The Kier molecular flexibility index (Phi) is 5.24. The van der Waals surface area contributed by atoms with Crippen LogP contribution in [0, 0.1) is 5.92 Å². The van der Waals surface area contributed by atoms with Gasteiger partial charge in [-0.15, -0.1) is 0 Å². The lowest BCUT2D eigenvalue weighted by atomic mass is 9.87. The van der Waals surface area contributed by atoms with Crippen LogP contribution in [0.15, 0.2) is 12.3 Å². The summed E-state index contributed by atoms with van der Waals surface area (Å²) in [4.78, 5) is 0. The first-order valence-corrected chi connectivity index (χ1v) is 7.50. The fourth-order valence-corrected chi connectivity index (χ4v) is 2.72. The third kappa shape index (κ3) is 4.45. The van der Waals surface area contributed by atoms with Crippen LogP contribution in [0.4, 0.5) is 0 Å². The average Bonchev–Trinajstić information content (AvgIpc) is 2.83. The van der Waals surface area contributed by atoms with Crippen LogP contribution in [-0.2, 0) is 13.1 Å². The predicted molar refractivity (Wildman–Crippen MR) is 75.4 cm³/mol. The zero-order valence-electron chi connectivity index (χ0n) is 11.9. The fraction of sp³-hybridized carbons (Fsp3) is 0.800. The third-order valence-corrected chi connectivity index (χ3v) is 3.88. The molecule has 1 aromatic rings. The van der Waals surface area contributed by atoms with Crippen molar-refractivity contribution in [2.75, 3.05) is 0 Å². The van der Waals surface area contributed by atoms with Crippen molar-refractivity contribution >= 4 is 0 Å². The van der Waals surface area contributed by atoms with Crippen molar-refractivity contribution in [3.05, 3.63) is 18.0 Å². The van der Waals surface area contributed by atoms with E-state index in [4.69, 9.17) is 0 Å². The third-order valence-electron chi connectivity index (χ3n) is 3.88. The van der Waals surface area contributed by atoms with Crippen molar-refractivity contribution in [3.63, 3.8) is 0 Å². The molecular formula is C15H27N3. The Labute approximate surface area is 111 Å². The van der Waals surface area contributed by atoms with Crippen LogP contribution >= 0.6 is 0 Å². The smallest absolute Gasteiger partial charge is 0.0762 e. The number of hydrogen-bond acceptors (Lipinski definition) is 2. The number of hydrogen-bond donors (Lipinski definition) is 1. The fourth-order valence-electron chi connectivity index (χ4n) is 2.72. The second-order valence-corrected chi connectivity index (χ2v) is 5.90. The minimum Gasteiger partial charge on any atom is -0.309 e. The van der Waals surface area contributed by atoms with Gasteiger partial charge in [0.1, 0.15) is 0 Å². The van der Waals surface area contributed by atoms with E-state index in [0.29, 0.717) is 6.04 Å². The molecule has 1 heterocycles. The number of aryl methyl sites for hydroxylation is 1. The summed E-state index contributed by atoms with van der Waals surface area (Å²) in [7, 11) is 0. The molecular weight excluding hydrogens is 222 g/mol. The SMILES string of the molecule is CC(C)NCc1ccn(CCC2CCCCC2)n1. The first-order valence-electron chi connectivity index (χ1n) is 7.50. The van der Waals surface area contributed by atoms with Gasteiger partial charge in [0.15, 0.2) is 0 Å². The zero-order valence-corrected chi connectivity index (χ0v) is 11.9. The van der Waals surface area contributed by atoms with Crippen LogP contribution in [0.25, 0.3) is 0 Å². The molecule has 18 heavy (non-hydrogen) atoms. The van der Waals surface area contributed by atoms with E-state index in [0.717, 1.165) is 24.7 Å². The van der Waals surface area contributed by atoms with Crippen molar-refractivity contribution < 1.29 is 0 Å². The molecule has 0 unspecified atom stereocenters. The highest BCUT2D eigenvalue weighted by Gasteiger charge is 2.13. The van der Waals surface area contributed by atoms with Gasteiger partial charge in [0, 0.05) is 25.3 Å². The summed E-state index contributed by atoms with van der Waals surface area (Å²) in [5, 5.41) is 8.03. The molecule has 0 atom stereocenters. The maximum Gasteiger partial charge on any atom is 0.0762 e. The van der Waals surface area contributed by atoms with Gasteiger partial charge in [0.05, 0.1) is 5.69 Å². The Morgan fingerprint density at radius 2 is 2.11 bits per heavy atom. The Hall–Kier alpha value is -0.830. The molecule has 1 fully saturated rings. The molecule has 1 aliphatic carbocycles. The van der Waals surface area contributed by atoms with Crippen molar-refractivity contribution in [1.82, 2.24) is 15.1 Å². The van der Waals surface area contributed by atoms with E-state index in [9.17, 15) is 0 Å². The number of rotatable bonds is 6. The van der Waals surface area contributed by atoms with Crippen LogP contribution in [-0.4, -0.2) is 15.8 Å². The Balaban J connectivity index is 1.72. The molecule has 0 spiro atoms. The van der Waals surface area contributed by atoms with Crippen LogP contribution in [0.5, 0.6) is 0 Å². The molecule has 2 rings (SSSR count). The molecule has 1 aromatic heterocycles. The lowest BCUT2D eigenvalue weighted by Gasteiger charge is -2.21. The maximum atomic E-state index is 4.62. The van der Waals surface area contributed by atoms with Crippen LogP contribution in [0.1, 0.15) is 58.1 Å². The summed E-state index contributed by atoms with van der Waals surface area (Å²) in [6, 6.07) is 2.66. The summed E-state index contributed by atoms with van der Waals surface area (Å²) in [5.41, 5.74) is 1.16. The molecule has 3 nitrogen and oxygen atoms in total. The molecule has 1 N–H and O–H groups in total. The molecule has 1 saturated carbocycles. The average molecular weight is 249 g/mol. The summed E-state index contributed by atoms with van der Waals surface area (Å²) >= 11 is 0. The van der Waals surface area contributed by atoms with Crippen molar-refractivity contribution in [1.29, 1.82) is 0 Å². The van der Waals surface area contributed by atoms with Gasteiger partial charge < -0.3 is 5.32 Å². The number of nitrogens with one attached hydrogen (secondary N) is 1. The van der Waals surface area contributed by atoms with E-state index in [-0.39, 0.29) is 0 Å². The van der Waals surface area contributed by atoms with Crippen molar-refractivity contribution in [2.24, 2.45) is 5.92 Å². The molecule has 102 valence electrons. The molecule has 3 heteroatoms. The molecule has 0 radical (unpaired) electrons. The van der Waals surface area contributed by atoms with Gasteiger partial charge >= 0.3 is 0 Å². The molecule has 0 amide bonds. The molecule has 0 bridgehead atoms. The standard InChI is InChI=1S/C15H27N3/c1-13(2)16-12-15-9-11-18(17-15)10-8-14-6-4-3-5-7-14/h9,11,13-14,16H,3-8,10,12H2,1-2H3. The van der Waals surface area contributed by atoms with Crippen LogP contribution in [0.3, 0.4) is 0 Å². The quantitative estimate of drug-likeness (QED) is 0.838. The van der Waals surface area contributed by atoms with E-state index in [1.165, 1.54) is 38.5 Å². The van der Waals surface area contributed by atoms with Gasteiger partial charge in [0.2, 0.25) is 0 Å². The van der Waals surface area contributed by atoms with E-state index < -0.39 is 0 Å². The van der Waals surface area contributed by atoms with Gasteiger partial charge in [-0.3, -0.25) is 4.68 Å². The Morgan fingerprint density at radius 3 is 2.83 bits per heavy atom. The summed E-state index contributed by atoms with van der Waals surface area (Å²) in [5.74, 6) is 0.945. The summed E-state index contributed by atoms with van der Waals surface area (Å²) in [6.07, 6.45) is 10.6. The first kappa shape index (κ1) is 13.6. The minimum absolute atomic E-state index is 0.525. The Bertz CT molecular complexity index is 337. The van der Waals surface area contributed by atoms with E-state index in [1.54, 1.807) is 0 Å². The van der Waals surface area contributed by atoms with Gasteiger partial charge in [0.25, 0.3) is 0 Å². The molecule has 0 aliphatic heterocycles. The predicted octanol–water partition coefficient (Wildman–Crippen LogP) is 3.35. The van der Waals surface area contributed by atoms with Crippen LogP contribution < -0.4 is 5.32 Å². The van der Waals surface area contributed by atoms with Gasteiger partial charge in [-0.25, -0.2) is 0 Å². The van der Waals surface area contributed by atoms with E-state index >= 15 is 0 Å². The second-order valence-electron chi connectivity index (χ2n) is 5.90. The van der Waals surface area contributed by atoms with Gasteiger partial charge in [-0.05, 0) is 18.4 Å². The van der Waals surface area contributed by atoms with E-state index in [1.807, 2.05) is 0 Å². The summed E-state index contributed by atoms with van der Waals surface area (Å²) in [6.45, 7) is 6.31. The maximum absolute atomic E-state index is 4.62. The number of nitrogens with zero attached hydrogens (tertiary/aromatic N) is 2.